The van der Waals surface area contributed by atoms with Crippen LogP contribution in [0.25, 0.3) is 0 Å². The van der Waals surface area contributed by atoms with Crippen molar-refractivity contribution in [3.63, 3.8) is 0 Å². The second-order valence-electron chi connectivity index (χ2n) is 6.22. The van der Waals surface area contributed by atoms with E-state index in [1.54, 1.807) is 0 Å². The Hall–Kier alpha value is -1.30. The van der Waals surface area contributed by atoms with Crippen LogP contribution >= 0.6 is 0 Å². The van der Waals surface area contributed by atoms with Gasteiger partial charge in [-0.05, 0) is 25.2 Å². The lowest BCUT2D eigenvalue weighted by atomic mass is 10.00. The molecule has 6 heteroatoms. The summed E-state index contributed by atoms with van der Waals surface area (Å²) in [5, 5.41) is 2.83. The average molecular weight is 282 g/mol. The van der Waals surface area contributed by atoms with Crippen LogP contribution in [0.4, 0.5) is 4.79 Å². The first-order valence-corrected chi connectivity index (χ1v) is 7.58. The smallest absolute Gasteiger partial charge is 0.317 e. The van der Waals surface area contributed by atoms with Gasteiger partial charge >= 0.3 is 6.03 Å². The van der Waals surface area contributed by atoms with Gasteiger partial charge in [-0.3, -0.25) is 4.79 Å². The second-order valence-corrected chi connectivity index (χ2v) is 6.22. The molecule has 0 aromatic rings. The minimum atomic E-state index is -0.387. The standard InChI is InChI=1S/C14H26N4O2/c1-10(2)9-12(15)13(19)17-6-3-11(4-7-17)18-8-5-16-14(18)20/h10-12H,3-9,15H2,1-2H3,(H,16,20). The Labute approximate surface area is 120 Å². The van der Waals surface area contributed by atoms with Gasteiger partial charge in [-0.15, -0.1) is 0 Å². The molecular weight excluding hydrogens is 256 g/mol. The molecule has 0 radical (unpaired) electrons. The van der Waals surface area contributed by atoms with Crippen LogP contribution in [-0.4, -0.2) is 60.0 Å². The summed E-state index contributed by atoms with van der Waals surface area (Å²) in [6, 6.07) is -0.0872. The topological polar surface area (TPSA) is 78.7 Å². The van der Waals surface area contributed by atoms with Crippen LogP contribution in [0.5, 0.6) is 0 Å². The molecule has 0 spiro atoms. The first-order chi connectivity index (χ1) is 9.49. The van der Waals surface area contributed by atoms with Crippen molar-refractivity contribution in [3.8, 4) is 0 Å². The molecule has 0 saturated carbocycles. The molecule has 20 heavy (non-hydrogen) atoms. The lowest BCUT2D eigenvalue weighted by Gasteiger charge is -2.37. The predicted octanol–water partition coefficient (Wildman–Crippen LogP) is 0.376. The highest BCUT2D eigenvalue weighted by atomic mass is 16.2. The molecule has 0 bridgehead atoms. The fourth-order valence-corrected chi connectivity index (χ4v) is 3.08. The quantitative estimate of drug-likeness (QED) is 0.782. The van der Waals surface area contributed by atoms with Gasteiger partial charge < -0.3 is 20.9 Å². The number of carbonyl (C=O) groups excluding carboxylic acids is 2. The number of nitrogens with two attached hydrogens (primary N) is 1. The molecule has 0 aliphatic carbocycles. The molecule has 2 aliphatic heterocycles. The van der Waals surface area contributed by atoms with Crippen molar-refractivity contribution in [2.24, 2.45) is 11.7 Å². The number of nitrogens with one attached hydrogen (secondary N) is 1. The molecule has 1 unspecified atom stereocenters. The van der Waals surface area contributed by atoms with E-state index in [9.17, 15) is 9.59 Å². The van der Waals surface area contributed by atoms with Crippen molar-refractivity contribution < 1.29 is 9.59 Å². The molecule has 6 nitrogen and oxygen atoms in total. The van der Waals surface area contributed by atoms with E-state index < -0.39 is 0 Å². The SMILES string of the molecule is CC(C)CC(N)C(=O)N1CCC(N2CCNC2=O)CC1. The van der Waals surface area contributed by atoms with Crippen LogP contribution in [0, 0.1) is 5.92 Å². The van der Waals surface area contributed by atoms with E-state index >= 15 is 0 Å². The van der Waals surface area contributed by atoms with Crippen LogP contribution in [0.1, 0.15) is 33.1 Å². The molecule has 2 heterocycles. The first kappa shape index (κ1) is 15.1. The number of likely N-dealkylation sites (tertiary alicyclic amines) is 1. The molecule has 1 atom stereocenters. The van der Waals surface area contributed by atoms with Gasteiger partial charge in [-0.2, -0.15) is 0 Å². The van der Waals surface area contributed by atoms with Crippen LogP contribution in [0.2, 0.25) is 0 Å². The van der Waals surface area contributed by atoms with Gasteiger partial charge in [-0.1, -0.05) is 13.8 Å². The van der Waals surface area contributed by atoms with Crippen LogP contribution in [0.3, 0.4) is 0 Å². The van der Waals surface area contributed by atoms with Crippen molar-refractivity contribution >= 4 is 11.9 Å². The zero-order valence-corrected chi connectivity index (χ0v) is 12.5. The van der Waals surface area contributed by atoms with Crippen LogP contribution < -0.4 is 11.1 Å². The van der Waals surface area contributed by atoms with E-state index in [0.717, 1.165) is 32.4 Å². The summed E-state index contributed by atoms with van der Waals surface area (Å²) in [5.74, 6) is 0.489. The van der Waals surface area contributed by atoms with Crippen LogP contribution in [-0.2, 0) is 4.79 Å². The molecule has 3 amide bonds. The number of carbonyl (C=O) groups is 2. The summed E-state index contributed by atoms with van der Waals surface area (Å²) in [4.78, 5) is 27.6. The Morgan fingerprint density at radius 1 is 1.35 bits per heavy atom. The largest absolute Gasteiger partial charge is 0.341 e. The molecular formula is C14H26N4O2. The Morgan fingerprint density at radius 2 is 2.00 bits per heavy atom. The number of hydrogen-bond donors (Lipinski definition) is 2. The van der Waals surface area contributed by atoms with E-state index in [1.165, 1.54) is 0 Å². The average Bonchev–Trinajstić information content (AvgIpc) is 2.83. The molecule has 0 aromatic carbocycles. The molecule has 0 aromatic heterocycles. The Morgan fingerprint density at radius 3 is 2.50 bits per heavy atom. The monoisotopic (exact) mass is 282 g/mol. The number of piperidine rings is 1. The Kier molecular flexibility index (Phi) is 4.86. The number of urea groups is 1. The normalized spacial score (nSPS) is 22.3. The van der Waals surface area contributed by atoms with Crippen molar-refractivity contribution in [2.75, 3.05) is 26.2 Å². The summed E-state index contributed by atoms with van der Waals surface area (Å²) >= 11 is 0. The molecule has 114 valence electrons. The van der Waals surface area contributed by atoms with Gasteiger partial charge in [-0.25, -0.2) is 4.79 Å². The van der Waals surface area contributed by atoms with Crippen molar-refractivity contribution in [2.45, 2.75) is 45.2 Å². The lowest BCUT2D eigenvalue weighted by molar-refractivity contribution is -0.134. The van der Waals surface area contributed by atoms with Gasteiger partial charge in [0.15, 0.2) is 0 Å². The van der Waals surface area contributed by atoms with Crippen LogP contribution in [0.15, 0.2) is 0 Å². The van der Waals surface area contributed by atoms with E-state index in [0.29, 0.717) is 19.0 Å². The number of nitrogens with zero attached hydrogens (tertiary/aromatic N) is 2. The fourth-order valence-electron chi connectivity index (χ4n) is 3.08. The van der Waals surface area contributed by atoms with Gasteiger partial charge in [0.2, 0.25) is 5.91 Å². The van der Waals surface area contributed by atoms with E-state index in [4.69, 9.17) is 5.73 Å². The Bertz CT molecular complexity index is 364. The molecule has 3 N–H and O–H groups in total. The third-order valence-electron chi connectivity index (χ3n) is 4.15. The van der Waals surface area contributed by atoms with Gasteiger partial charge in [0.05, 0.1) is 6.04 Å². The maximum Gasteiger partial charge on any atom is 0.317 e. The predicted molar refractivity (Wildman–Crippen MR) is 77.1 cm³/mol. The maximum atomic E-state index is 12.2. The number of amides is 3. The summed E-state index contributed by atoms with van der Waals surface area (Å²) in [7, 11) is 0. The maximum absolute atomic E-state index is 12.2. The van der Waals surface area contributed by atoms with E-state index in [-0.39, 0.29) is 24.0 Å². The molecule has 2 aliphatic rings. The van der Waals surface area contributed by atoms with Crippen molar-refractivity contribution in [1.82, 2.24) is 15.1 Å². The summed E-state index contributed by atoms with van der Waals surface area (Å²) in [6.07, 6.45) is 2.44. The second kappa shape index (κ2) is 6.43. The minimum absolute atomic E-state index is 0.0336. The number of hydrogen-bond acceptors (Lipinski definition) is 3. The lowest BCUT2D eigenvalue weighted by Crippen LogP contribution is -2.51. The third-order valence-corrected chi connectivity index (χ3v) is 4.15. The highest BCUT2D eigenvalue weighted by Crippen LogP contribution is 2.19. The zero-order valence-electron chi connectivity index (χ0n) is 12.5. The minimum Gasteiger partial charge on any atom is -0.341 e. The fraction of sp³-hybridized carbons (Fsp3) is 0.857. The zero-order chi connectivity index (χ0) is 14.7. The first-order valence-electron chi connectivity index (χ1n) is 7.58. The van der Waals surface area contributed by atoms with E-state index in [2.05, 4.69) is 19.2 Å². The summed E-state index contributed by atoms with van der Waals surface area (Å²) < 4.78 is 0. The Balaban J connectivity index is 1.81. The third kappa shape index (κ3) is 3.42. The van der Waals surface area contributed by atoms with Gasteiger partial charge in [0.1, 0.15) is 0 Å². The highest BCUT2D eigenvalue weighted by molar-refractivity contribution is 5.81. The highest BCUT2D eigenvalue weighted by Gasteiger charge is 2.32. The van der Waals surface area contributed by atoms with Gasteiger partial charge in [0, 0.05) is 32.2 Å². The molecule has 2 fully saturated rings. The summed E-state index contributed by atoms with van der Waals surface area (Å²) in [5.41, 5.74) is 5.96. The van der Waals surface area contributed by atoms with Crippen molar-refractivity contribution in [1.29, 1.82) is 0 Å². The molecule has 2 rings (SSSR count). The van der Waals surface area contributed by atoms with Crippen molar-refractivity contribution in [3.05, 3.63) is 0 Å². The summed E-state index contributed by atoms with van der Waals surface area (Å²) in [6.45, 7) is 7.08. The van der Waals surface area contributed by atoms with E-state index in [1.807, 2.05) is 9.80 Å². The molecule has 2 saturated heterocycles. The number of rotatable bonds is 4. The van der Waals surface area contributed by atoms with Gasteiger partial charge in [0.25, 0.3) is 0 Å².